The van der Waals surface area contributed by atoms with Gasteiger partial charge in [0.25, 0.3) is 0 Å². The minimum Gasteiger partial charge on any atom is -0.493 e. The number of amides is 1. The van der Waals surface area contributed by atoms with E-state index in [0.717, 1.165) is 18.7 Å². The smallest absolute Gasteiger partial charge is 0.222 e. The second-order valence-electron chi connectivity index (χ2n) is 4.62. The normalized spacial score (nSPS) is 19.8. The first-order valence-electron chi connectivity index (χ1n) is 6.15. The van der Waals surface area contributed by atoms with Crippen LogP contribution < -0.4 is 4.74 Å². The highest BCUT2D eigenvalue weighted by Crippen LogP contribution is 2.21. The fourth-order valence-corrected chi connectivity index (χ4v) is 2.21. The van der Waals surface area contributed by atoms with Crippen molar-refractivity contribution in [1.29, 1.82) is 0 Å². The molecule has 1 fully saturated rings. The van der Waals surface area contributed by atoms with E-state index in [1.54, 1.807) is 4.90 Å². The number of hydrogen-bond donors (Lipinski definition) is 0. The summed E-state index contributed by atoms with van der Waals surface area (Å²) in [5, 5.41) is 0. The number of nitrogens with zero attached hydrogens (tertiary/aromatic N) is 1. The molecule has 3 nitrogen and oxygen atoms in total. The lowest BCUT2D eigenvalue weighted by molar-refractivity contribution is -0.126. The summed E-state index contributed by atoms with van der Waals surface area (Å²) in [7, 11) is 1.85. The summed E-state index contributed by atoms with van der Waals surface area (Å²) in [6.45, 7) is 3.56. The number of carbonyl (C=O) groups is 1. The maximum atomic E-state index is 11.4. The highest BCUT2D eigenvalue weighted by atomic mass is 16.5. The molecule has 0 bridgehead atoms. The Kier molecular flexibility index (Phi) is 3.67. The van der Waals surface area contributed by atoms with Gasteiger partial charge in [-0.15, -0.1) is 0 Å². The predicted molar refractivity (Wildman–Crippen MR) is 67.1 cm³/mol. The van der Waals surface area contributed by atoms with Gasteiger partial charge in [0, 0.05) is 25.9 Å². The SMILES string of the molecule is CCc1ccccc1OCC1CC(=O)N(C)C1. The molecule has 1 aromatic carbocycles. The number of aryl methyl sites for hydroxylation is 1. The molecule has 1 atom stereocenters. The summed E-state index contributed by atoms with van der Waals surface area (Å²) < 4.78 is 5.83. The van der Waals surface area contributed by atoms with Gasteiger partial charge in [-0.05, 0) is 18.1 Å². The molecule has 1 saturated heterocycles. The van der Waals surface area contributed by atoms with Gasteiger partial charge in [-0.1, -0.05) is 25.1 Å². The maximum absolute atomic E-state index is 11.4. The zero-order chi connectivity index (χ0) is 12.3. The first-order valence-corrected chi connectivity index (χ1v) is 6.15. The third kappa shape index (κ3) is 2.78. The van der Waals surface area contributed by atoms with Crippen molar-refractivity contribution in [3.63, 3.8) is 0 Å². The Bertz CT molecular complexity index is 403. The minimum atomic E-state index is 0.224. The Morgan fingerprint density at radius 3 is 2.82 bits per heavy atom. The van der Waals surface area contributed by atoms with Gasteiger partial charge in [-0.3, -0.25) is 4.79 Å². The summed E-state index contributed by atoms with van der Waals surface area (Å²) in [5.41, 5.74) is 1.23. The van der Waals surface area contributed by atoms with Crippen LogP contribution in [0.4, 0.5) is 0 Å². The van der Waals surface area contributed by atoms with Crippen LogP contribution in [0.1, 0.15) is 18.9 Å². The average molecular weight is 233 g/mol. The molecule has 3 heteroatoms. The monoisotopic (exact) mass is 233 g/mol. The molecule has 0 aliphatic carbocycles. The van der Waals surface area contributed by atoms with Crippen molar-refractivity contribution < 1.29 is 9.53 Å². The van der Waals surface area contributed by atoms with E-state index in [2.05, 4.69) is 13.0 Å². The predicted octanol–water partition coefficient (Wildman–Crippen LogP) is 2.11. The van der Waals surface area contributed by atoms with E-state index >= 15 is 0 Å². The fraction of sp³-hybridized carbons (Fsp3) is 0.500. The van der Waals surface area contributed by atoms with E-state index in [1.807, 2.05) is 25.2 Å². The topological polar surface area (TPSA) is 29.5 Å². The van der Waals surface area contributed by atoms with Crippen LogP contribution in [0.15, 0.2) is 24.3 Å². The molecule has 1 unspecified atom stereocenters. The number of benzene rings is 1. The molecule has 0 spiro atoms. The van der Waals surface area contributed by atoms with Crippen LogP contribution in [-0.4, -0.2) is 31.0 Å². The molecule has 1 aliphatic rings. The number of likely N-dealkylation sites (tertiary alicyclic amines) is 1. The van der Waals surface area contributed by atoms with Crippen molar-refractivity contribution in [3.05, 3.63) is 29.8 Å². The molecule has 1 heterocycles. The molecule has 0 radical (unpaired) electrons. The van der Waals surface area contributed by atoms with E-state index in [1.165, 1.54) is 5.56 Å². The van der Waals surface area contributed by atoms with Crippen LogP contribution in [-0.2, 0) is 11.2 Å². The highest BCUT2D eigenvalue weighted by Gasteiger charge is 2.27. The largest absolute Gasteiger partial charge is 0.493 e. The average Bonchev–Trinajstić information content (AvgIpc) is 2.66. The van der Waals surface area contributed by atoms with Crippen LogP contribution in [0, 0.1) is 5.92 Å². The van der Waals surface area contributed by atoms with Crippen molar-refractivity contribution in [1.82, 2.24) is 4.90 Å². The van der Waals surface area contributed by atoms with E-state index < -0.39 is 0 Å². The van der Waals surface area contributed by atoms with Gasteiger partial charge in [-0.25, -0.2) is 0 Å². The van der Waals surface area contributed by atoms with Crippen molar-refractivity contribution in [2.75, 3.05) is 20.2 Å². The van der Waals surface area contributed by atoms with Crippen molar-refractivity contribution in [3.8, 4) is 5.75 Å². The quantitative estimate of drug-likeness (QED) is 0.797. The molecule has 1 amide bonds. The van der Waals surface area contributed by atoms with Gasteiger partial charge >= 0.3 is 0 Å². The third-order valence-corrected chi connectivity index (χ3v) is 3.25. The molecule has 92 valence electrons. The Hall–Kier alpha value is -1.51. The summed E-state index contributed by atoms with van der Waals surface area (Å²) in [6.07, 6.45) is 1.59. The van der Waals surface area contributed by atoms with E-state index in [4.69, 9.17) is 4.74 Å². The minimum absolute atomic E-state index is 0.224. The first-order chi connectivity index (χ1) is 8.20. The number of hydrogen-bond acceptors (Lipinski definition) is 2. The lowest BCUT2D eigenvalue weighted by Gasteiger charge is -2.14. The first kappa shape index (κ1) is 12.0. The molecular weight excluding hydrogens is 214 g/mol. The molecular formula is C14H19NO2. The Morgan fingerprint density at radius 2 is 2.18 bits per heavy atom. The van der Waals surface area contributed by atoms with Crippen molar-refractivity contribution in [2.45, 2.75) is 19.8 Å². The summed E-state index contributed by atoms with van der Waals surface area (Å²) in [5.74, 6) is 1.51. The number of ether oxygens (including phenoxy) is 1. The van der Waals surface area contributed by atoms with Crippen LogP contribution in [0.5, 0.6) is 5.75 Å². The Balaban J connectivity index is 1.92. The number of rotatable bonds is 4. The summed E-state index contributed by atoms with van der Waals surface area (Å²) in [4.78, 5) is 13.2. The molecule has 0 saturated carbocycles. The third-order valence-electron chi connectivity index (χ3n) is 3.25. The van der Waals surface area contributed by atoms with Crippen molar-refractivity contribution in [2.24, 2.45) is 5.92 Å². The molecule has 17 heavy (non-hydrogen) atoms. The van der Waals surface area contributed by atoms with Gasteiger partial charge in [0.2, 0.25) is 5.91 Å². The van der Waals surface area contributed by atoms with Gasteiger partial charge in [-0.2, -0.15) is 0 Å². The van der Waals surface area contributed by atoms with Crippen LogP contribution in [0.3, 0.4) is 0 Å². The molecule has 1 aromatic rings. The molecule has 0 N–H and O–H groups in total. The van der Waals surface area contributed by atoms with Crippen LogP contribution >= 0.6 is 0 Å². The van der Waals surface area contributed by atoms with Crippen LogP contribution in [0.25, 0.3) is 0 Å². The second-order valence-corrected chi connectivity index (χ2v) is 4.62. The summed E-state index contributed by atoms with van der Waals surface area (Å²) >= 11 is 0. The molecule has 0 aromatic heterocycles. The number of carbonyl (C=O) groups excluding carboxylic acids is 1. The number of para-hydroxylation sites is 1. The fourth-order valence-electron chi connectivity index (χ4n) is 2.21. The molecule has 1 aliphatic heterocycles. The van der Waals surface area contributed by atoms with Gasteiger partial charge in [0.15, 0.2) is 0 Å². The standard InChI is InChI=1S/C14H19NO2/c1-3-12-6-4-5-7-13(12)17-10-11-8-14(16)15(2)9-11/h4-7,11H,3,8-10H2,1-2H3. The van der Waals surface area contributed by atoms with Gasteiger partial charge in [0.1, 0.15) is 5.75 Å². The Labute approximate surface area is 102 Å². The second kappa shape index (κ2) is 5.21. The summed E-state index contributed by atoms with van der Waals surface area (Å²) in [6, 6.07) is 8.10. The maximum Gasteiger partial charge on any atom is 0.222 e. The van der Waals surface area contributed by atoms with Gasteiger partial charge < -0.3 is 9.64 Å². The zero-order valence-electron chi connectivity index (χ0n) is 10.5. The van der Waals surface area contributed by atoms with Crippen LogP contribution in [0.2, 0.25) is 0 Å². The van der Waals surface area contributed by atoms with Crippen molar-refractivity contribution >= 4 is 5.91 Å². The Morgan fingerprint density at radius 1 is 1.41 bits per heavy atom. The van der Waals surface area contributed by atoms with E-state index in [9.17, 15) is 4.79 Å². The van der Waals surface area contributed by atoms with E-state index in [-0.39, 0.29) is 5.91 Å². The lowest BCUT2D eigenvalue weighted by Crippen LogP contribution is -2.20. The molecule has 2 rings (SSSR count). The van der Waals surface area contributed by atoms with Gasteiger partial charge in [0.05, 0.1) is 6.61 Å². The van der Waals surface area contributed by atoms with E-state index in [0.29, 0.717) is 18.9 Å². The zero-order valence-corrected chi connectivity index (χ0v) is 10.5. The lowest BCUT2D eigenvalue weighted by atomic mass is 10.1. The highest BCUT2D eigenvalue weighted by molar-refractivity contribution is 5.78.